The number of nitrogens with two attached hydrogens (primary N) is 1. The van der Waals surface area contributed by atoms with Crippen LogP contribution in [0.25, 0.3) is 0 Å². The molecule has 0 fully saturated rings. The van der Waals surface area contributed by atoms with Crippen molar-refractivity contribution in [2.45, 2.75) is 0 Å². The zero-order chi connectivity index (χ0) is 15.3. The number of carbonyl (C=O) groups excluding carboxylic acids is 2. The molecule has 3 rings (SSSR count). The van der Waals surface area contributed by atoms with Gasteiger partial charge in [0.25, 0.3) is 0 Å². The quantitative estimate of drug-likeness (QED) is 0.461. The first kappa shape index (κ1) is 13.0. The molecule has 0 amide bonds. The van der Waals surface area contributed by atoms with Gasteiger partial charge in [0, 0.05) is 11.6 Å². The molecule has 1 aliphatic carbocycles. The third-order valence-electron chi connectivity index (χ3n) is 3.50. The number of carbonyl (C=O) groups is 2. The smallest absolute Gasteiger partial charge is 0.202 e. The maximum atomic E-state index is 12.5. The number of fused-ring (bicyclic) bond motifs is 2. The predicted octanol–water partition coefficient (Wildman–Crippen LogP) is 1.46. The monoisotopic (exact) mass is 285 g/mol. The highest BCUT2D eigenvalue weighted by Gasteiger charge is 2.36. The van der Waals surface area contributed by atoms with Crippen LogP contribution in [0.3, 0.4) is 0 Å². The minimum absolute atomic E-state index is 0.0161. The molecule has 6 heteroatoms. The lowest BCUT2D eigenvalue weighted by molar-refractivity contribution is 0.0974. The molecule has 0 saturated heterocycles. The zero-order valence-corrected chi connectivity index (χ0v) is 11.0. The van der Waals surface area contributed by atoms with E-state index in [-0.39, 0.29) is 39.4 Å². The van der Waals surface area contributed by atoms with Crippen LogP contribution in [0, 0.1) is 0 Å². The predicted molar refractivity (Wildman–Crippen MR) is 74.0 cm³/mol. The molecular formula is C15H11NO5. The van der Waals surface area contributed by atoms with E-state index in [1.54, 1.807) is 0 Å². The van der Waals surface area contributed by atoms with Crippen molar-refractivity contribution in [2.24, 2.45) is 0 Å². The molecule has 0 unspecified atom stereocenters. The number of rotatable bonds is 1. The van der Waals surface area contributed by atoms with Gasteiger partial charge in [-0.15, -0.1) is 0 Å². The van der Waals surface area contributed by atoms with Crippen LogP contribution in [-0.2, 0) is 0 Å². The average Bonchev–Trinajstić information content (AvgIpc) is 2.46. The molecule has 0 radical (unpaired) electrons. The van der Waals surface area contributed by atoms with Gasteiger partial charge in [0.1, 0.15) is 17.2 Å². The molecule has 0 bridgehead atoms. The summed E-state index contributed by atoms with van der Waals surface area (Å²) in [6, 6.07) is 5.36. The Balaban J connectivity index is 2.41. The Bertz CT molecular complexity index is 810. The normalized spacial score (nSPS) is 12.8. The summed E-state index contributed by atoms with van der Waals surface area (Å²) in [4.78, 5) is 25.0. The van der Waals surface area contributed by atoms with Crippen molar-refractivity contribution < 1.29 is 24.5 Å². The van der Waals surface area contributed by atoms with Gasteiger partial charge in [0.15, 0.2) is 5.78 Å². The van der Waals surface area contributed by atoms with E-state index in [1.807, 2.05) is 0 Å². The molecule has 0 heterocycles. The Kier molecular flexibility index (Phi) is 2.62. The van der Waals surface area contributed by atoms with E-state index in [9.17, 15) is 19.8 Å². The van der Waals surface area contributed by atoms with E-state index in [2.05, 4.69) is 0 Å². The van der Waals surface area contributed by atoms with Crippen LogP contribution in [0.5, 0.6) is 17.2 Å². The zero-order valence-electron chi connectivity index (χ0n) is 11.0. The highest BCUT2D eigenvalue weighted by Crippen LogP contribution is 2.42. The number of benzene rings is 2. The minimum atomic E-state index is -0.649. The summed E-state index contributed by atoms with van der Waals surface area (Å²) in [5, 5.41) is 19.8. The van der Waals surface area contributed by atoms with E-state index < -0.39 is 17.3 Å². The standard InChI is InChI=1S/C15H11NO5/c1-21-9-5-8(18)11-12(13(9)16)14(19)6-3-2-4-7(17)10(6)15(11)20/h2-5,17-18H,16H2,1H3. The molecule has 0 aliphatic heterocycles. The Morgan fingerprint density at radius 2 is 1.71 bits per heavy atom. The number of hydrogen-bond donors (Lipinski definition) is 3. The second-order valence-corrected chi connectivity index (χ2v) is 4.62. The lowest BCUT2D eigenvalue weighted by Crippen LogP contribution is -2.23. The van der Waals surface area contributed by atoms with E-state index >= 15 is 0 Å². The van der Waals surface area contributed by atoms with Crippen molar-refractivity contribution in [2.75, 3.05) is 12.8 Å². The van der Waals surface area contributed by atoms with Crippen molar-refractivity contribution in [3.63, 3.8) is 0 Å². The van der Waals surface area contributed by atoms with Crippen molar-refractivity contribution >= 4 is 17.3 Å². The number of hydrogen-bond acceptors (Lipinski definition) is 6. The van der Waals surface area contributed by atoms with Crippen LogP contribution in [0.2, 0.25) is 0 Å². The highest BCUT2D eigenvalue weighted by atomic mass is 16.5. The summed E-state index contributed by atoms with van der Waals surface area (Å²) in [6.07, 6.45) is 0. The number of phenolic OH excluding ortho intramolecular Hbond substituents is 2. The van der Waals surface area contributed by atoms with Gasteiger partial charge in [0.2, 0.25) is 5.78 Å². The van der Waals surface area contributed by atoms with E-state index in [0.29, 0.717) is 0 Å². The molecule has 0 aromatic heterocycles. The van der Waals surface area contributed by atoms with Crippen LogP contribution in [0.4, 0.5) is 5.69 Å². The Labute approximate surface area is 119 Å². The summed E-state index contributed by atoms with van der Waals surface area (Å²) in [7, 11) is 1.34. The largest absolute Gasteiger partial charge is 0.507 e. The second kappa shape index (κ2) is 4.24. The van der Waals surface area contributed by atoms with Gasteiger partial charge in [-0.3, -0.25) is 9.59 Å². The number of ether oxygens (including phenoxy) is 1. The number of anilines is 1. The van der Waals surface area contributed by atoms with Gasteiger partial charge >= 0.3 is 0 Å². The maximum Gasteiger partial charge on any atom is 0.202 e. The van der Waals surface area contributed by atoms with Crippen LogP contribution in [0.15, 0.2) is 24.3 Å². The molecule has 0 spiro atoms. The molecule has 2 aromatic rings. The van der Waals surface area contributed by atoms with Crippen LogP contribution in [0.1, 0.15) is 31.8 Å². The van der Waals surface area contributed by atoms with Crippen molar-refractivity contribution in [3.05, 3.63) is 46.5 Å². The van der Waals surface area contributed by atoms with Crippen LogP contribution in [-0.4, -0.2) is 28.9 Å². The lowest BCUT2D eigenvalue weighted by Gasteiger charge is -2.21. The number of nitrogen functional groups attached to an aromatic ring is 1. The maximum absolute atomic E-state index is 12.5. The fourth-order valence-electron chi connectivity index (χ4n) is 2.52. The van der Waals surface area contributed by atoms with E-state index in [0.717, 1.165) is 0 Å². The third-order valence-corrected chi connectivity index (χ3v) is 3.50. The Morgan fingerprint density at radius 1 is 1.00 bits per heavy atom. The molecule has 0 atom stereocenters. The SMILES string of the molecule is COc1cc(O)c2c(c1N)C(=O)c1cccc(O)c1C2=O. The van der Waals surface area contributed by atoms with Crippen molar-refractivity contribution in [1.82, 2.24) is 0 Å². The number of ketones is 2. The van der Waals surface area contributed by atoms with Gasteiger partial charge in [-0.05, 0) is 6.07 Å². The number of aromatic hydroxyl groups is 2. The molecule has 1 aliphatic rings. The molecular weight excluding hydrogens is 274 g/mol. The fourth-order valence-corrected chi connectivity index (χ4v) is 2.52. The Hall–Kier alpha value is -3.02. The summed E-state index contributed by atoms with van der Waals surface area (Å²) >= 11 is 0. The van der Waals surface area contributed by atoms with Gasteiger partial charge in [-0.2, -0.15) is 0 Å². The number of methoxy groups -OCH3 is 1. The van der Waals surface area contributed by atoms with Gasteiger partial charge < -0.3 is 20.7 Å². The second-order valence-electron chi connectivity index (χ2n) is 4.62. The van der Waals surface area contributed by atoms with Gasteiger partial charge in [-0.25, -0.2) is 0 Å². The van der Waals surface area contributed by atoms with E-state index in [1.165, 1.54) is 31.4 Å². The first-order valence-electron chi connectivity index (χ1n) is 6.08. The summed E-state index contributed by atoms with van der Waals surface area (Å²) in [6.45, 7) is 0. The van der Waals surface area contributed by atoms with Crippen molar-refractivity contribution in [3.8, 4) is 17.2 Å². The molecule has 0 saturated carbocycles. The van der Waals surface area contributed by atoms with Crippen LogP contribution < -0.4 is 10.5 Å². The van der Waals surface area contributed by atoms with Crippen LogP contribution >= 0.6 is 0 Å². The average molecular weight is 285 g/mol. The van der Waals surface area contributed by atoms with Crippen molar-refractivity contribution in [1.29, 1.82) is 0 Å². The molecule has 6 nitrogen and oxygen atoms in total. The Morgan fingerprint density at radius 3 is 2.38 bits per heavy atom. The lowest BCUT2D eigenvalue weighted by atomic mass is 9.82. The summed E-state index contributed by atoms with van der Waals surface area (Å²) < 4.78 is 4.99. The topological polar surface area (TPSA) is 110 Å². The first-order chi connectivity index (χ1) is 9.97. The van der Waals surface area contributed by atoms with Gasteiger partial charge in [0.05, 0.1) is 29.5 Å². The molecule has 4 N–H and O–H groups in total. The van der Waals surface area contributed by atoms with E-state index in [4.69, 9.17) is 10.5 Å². The summed E-state index contributed by atoms with van der Waals surface area (Å²) in [5.74, 6) is -1.81. The number of phenols is 2. The fraction of sp³-hybridized carbons (Fsp3) is 0.0667. The molecule has 2 aromatic carbocycles. The minimum Gasteiger partial charge on any atom is -0.507 e. The molecule has 21 heavy (non-hydrogen) atoms. The van der Waals surface area contributed by atoms with Gasteiger partial charge in [-0.1, -0.05) is 12.1 Å². The third kappa shape index (κ3) is 1.59. The highest BCUT2D eigenvalue weighted by molar-refractivity contribution is 6.32. The summed E-state index contributed by atoms with van der Waals surface area (Å²) in [5.41, 5.74) is 5.44. The first-order valence-corrected chi connectivity index (χ1v) is 6.08. The molecule has 106 valence electrons.